The van der Waals surface area contributed by atoms with Crippen LogP contribution < -0.4 is 10.6 Å². The zero-order chi connectivity index (χ0) is 17.4. The fraction of sp³-hybridized carbons (Fsp3) is 0.632. The van der Waals surface area contributed by atoms with Crippen molar-refractivity contribution in [3.8, 4) is 0 Å². The lowest BCUT2D eigenvalue weighted by atomic mass is 10.0. The molecule has 24 heavy (non-hydrogen) atoms. The Balaban J connectivity index is 1.66. The van der Waals surface area contributed by atoms with Crippen LogP contribution in [0, 0.1) is 12.8 Å². The Kier molecular flexibility index (Phi) is 7.53. The molecule has 5 nitrogen and oxygen atoms in total. The number of nitrogens with zero attached hydrogens (tertiary/aromatic N) is 1. The molecule has 1 heterocycles. The number of carbonyl (C=O) groups excluding carboxylic acids is 1. The Labute approximate surface area is 145 Å². The van der Waals surface area contributed by atoms with Gasteiger partial charge in [0.1, 0.15) is 0 Å². The first kappa shape index (κ1) is 18.7. The Morgan fingerprint density at radius 3 is 2.79 bits per heavy atom. The topological polar surface area (TPSA) is 64.6 Å². The SMILES string of the molecule is Cc1cccc(CN2CCC(NC(=O)NCC(C)CCO)CC2)c1. The zero-order valence-electron chi connectivity index (χ0n) is 14.9. The van der Waals surface area contributed by atoms with Gasteiger partial charge in [-0.15, -0.1) is 0 Å². The Morgan fingerprint density at radius 1 is 1.38 bits per heavy atom. The van der Waals surface area contributed by atoms with Gasteiger partial charge < -0.3 is 15.7 Å². The van der Waals surface area contributed by atoms with E-state index in [0.29, 0.717) is 12.5 Å². The molecule has 0 radical (unpaired) electrons. The van der Waals surface area contributed by atoms with Gasteiger partial charge in [-0.2, -0.15) is 0 Å². The summed E-state index contributed by atoms with van der Waals surface area (Å²) in [5.74, 6) is 0.303. The van der Waals surface area contributed by atoms with E-state index in [-0.39, 0.29) is 18.7 Å². The molecule has 3 N–H and O–H groups in total. The minimum absolute atomic E-state index is 0.0862. The van der Waals surface area contributed by atoms with Crippen molar-refractivity contribution >= 4 is 6.03 Å². The van der Waals surface area contributed by atoms with Crippen LogP contribution in [0.25, 0.3) is 0 Å². The maximum Gasteiger partial charge on any atom is 0.315 e. The maximum absolute atomic E-state index is 11.9. The number of nitrogens with one attached hydrogen (secondary N) is 2. The lowest BCUT2D eigenvalue weighted by Gasteiger charge is -2.32. The van der Waals surface area contributed by atoms with Gasteiger partial charge in [0.2, 0.25) is 0 Å². The number of urea groups is 1. The minimum atomic E-state index is -0.0862. The molecule has 2 rings (SSSR count). The highest BCUT2D eigenvalue weighted by atomic mass is 16.3. The molecule has 1 aromatic carbocycles. The zero-order valence-corrected chi connectivity index (χ0v) is 14.9. The fourth-order valence-corrected chi connectivity index (χ4v) is 3.13. The Hall–Kier alpha value is -1.59. The van der Waals surface area contributed by atoms with Gasteiger partial charge in [-0.25, -0.2) is 4.79 Å². The largest absolute Gasteiger partial charge is 0.396 e. The van der Waals surface area contributed by atoms with Crippen LogP contribution in [0.3, 0.4) is 0 Å². The van der Waals surface area contributed by atoms with E-state index in [9.17, 15) is 4.79 Å². The third-order valence-electron chi connectivity index (χ3n) is 4.64. The summed E-state index contributed by atoms with van der Waals surface area (Å²) in [5.41, 5.74) is 2.66. The van der Waals surface area contributed by atoms with Crippen molar-refractivity contribution in [2.24, 2.45) is 5.92 Å². The highest BCUT2D eigenvalue weighted by molar-refractivity contribution is 5.74. The molecule has 1 aliphatic heterocycles. The number of aliphatic hydroxyl groups excluding tert-OH is 1. The summed E-state index contributed by atoms with van der Waals surface area (Å²) in [5, 5.41) is 14.8. The number of amides is 2. The van der Waals surface area contributed by atoms with Crippen molar-refractivity contribution in [1.82, 2.24) is 15.5 Å². The highest BCUT2D eigenvalue weighted by Gasteiger charge is 2.20. The van der Waals surface area contributed by atoms with Crippen molar-refractivity contribution in [3.05, 3.63) is 35.4 Å². The number of hydrogen-bond donors (Lipinski definition) is 3. The van der Waals surface area contributed by atoms with Crippen molar-refractivity contribution in [3.63, 3.8) is 0 Å². The molecule has 1 fully saturated rings. The quantitative estimate of drug-likeness (QED) is 0.717. The lowest BCUT2D eigenvalue weighted by Crippen LogP contribution is -2.48. The first-order valence-corrected chi connectivity index (χ1v) is 9.00. The van der Waals surface area contributed by atoms with E-state index in [1.165, 1.54) is 11.1 Å². The molecule has 1 atom stereocenters. The molecular formula is C19H31N3O2. The van der Waals surface area contributed by atoms with E-state index in [0.717, 1.165) is 38.9 Å². The second-order valence-corrected chi connectivity index (χ2v) is 7.01. The molecule has 1 unspecified atom stereocenters. The molecule has 1 saturated heterocycles. The van der Waals surface area contributed by atoms with Crippen LogP contribution in [0.15, 0.2) is 24.3 Å². The summed E-state index contributed by atoms with van der Waals surface area (Å²) in [6, 6.07) is 8.83. The predicted molar refractivity (Wildman–Crippen MR) is 96.9 cm³/mol. The Bertz CT molecular complexity index is 513. The molecule has 1 aliphatic rings. The normalized spacial score (nSPS) is 17.5. The van der Waals surface area contributed by atoms with Crippen molar-refractivity contribution < 1.29 is 9.90 Å². The number of aliphatic hydroxyl groups is 1. The van der Waals surface area contributed by atoms with Crippen molar-refractivity contribution in [2.75, 3.05) is 26.2 Å². The number of likely N-dealkylation sites (tertiary alicyclic amines) is 1. The average Bonchev–Trinajstić information content (AvgIpc) is 2.55. The van der Waals surface area contributed by atoms with Gasteiger partial charge in [0, 0.05) is 38.8 Å². The van der Waals surface area contributed by atoms with Gasteiger partial charge in [-0.05, 0) is 37.7 Å². The van der Waals surface area contributed by atoms with E-state index >= 15 is 0 Å². The molecule has 0 aliphatic carbocycles. The van der Waals surface area contributed by atoms with Crippen LogP contribution in [-0.4, -0.2) is 48.3 Å². The number of piperidine rings is 1. The second kappa shape index (κ2) is 9.64. The maximum atomic E-state index is 11.9. The number of hydrogen-bond acceptors (Lipinski definition) is 3. The van der Waals surface area contributed by atoms with Crippen LogP contribution in [0.4, 0.5) is 4.79 Å². The van der Waals surface area contributed by atoms with E-state index in [4.69, 9.17) is 5.11 Å². The van der Waals surface area contributed by atoms with Gasteiger partial charge in [0.05, 0.1) is 0 Å². The smallest absolute Gasteiger partial charge is 0.315 e. The van der Waals surface area contributed by atoms with Crippen LogP contribution in [0.1, 0.15) is 37.3 Å². The summed E-state index contributed by atoms with van der Waals surface area (Å²) < 4.78 is 0. The lowest BCUT2D eigenvalue weighted by molar-refractivity contribution is 0.186. The van der Waals surface area contributed by atoms with Gasteiger partial charge >= 0.3 is 6.03 Å². The summed E-state index contributed by atoms with van der Waals surface area (Å²) in [6.07, 6.45) is 2.70. The molecule has 0 spiro atoms. The Morgan fingerprint density at radius 2 is 2.12 bits per heavy atom. The van der Waals surface area contributed by atoms with Crippen LogP contribution in [0.2, 0.25) is 0 Å². The van der Waals surface area contributed by atoms with Crippen molar-refractivity contribution in [2.45, 2.75) is 45.7 Å². The first-order chi connectivity index (χ1) is 11.6. The van der Waals surface area contributed by atoms with E-state index < -0.39 is 0 Å². The first-order valence-electron chi connectivity index (χ1n) is 9.00. The van der Waals surface area contributed by atoms with Gasteiger partial charge in [-0.3, -0.25) is 4.90 Å². The highest BCUT2D eigenvalue weighted by Crippen LogP contribution is 2.14. The molecule has 5 heteroatoms. The number of benzene rings is 1. The molecule has 0 bridgehead atoms. The summed E-state index contributed by atoms with van der Waals surface area (Å²) >= 11 is 0. The molecular weight excluding hydrogens is 302 g/mol. The standard InChI is InChI=1S/C19H31N3O2/c1-15-4-3-5-17(12-15)14-22-9-6-18(7-10-22)21-19(24)20-13-16(2)8-11-23/h3-5,12,16,18,23H,6-11,13-14H2,1-2H3,(H2,20,21,24). The van der Waals surface area contributed by atoms with Gasteiger partial charge in [-0.1, -0.05) is 36.8 Å². The van der Waals surface area contributed by atoms with Crippen LogP contribution in [-0.2, 0) is 6.54 Å². The van der Waals surface area contributed by atoms with Crippen molar-refractivity contribution in [1.29, 1.82) is 0 Å². The molecule has 0 saturated carbocycles. The molecule has 1 aromatic rings. The van der Waals surface area contributed by atoms with Gasteiger partial charge in [0.25, 0.3) is 0 Å². The predicted octanol–water partition coefficient (Wildman–Crippen LogP) is 2.28. The fourth-order valence-electron chi connectivity index (χ4n) is 3.13. The molecule has 0 aromatic heterocycles. The average molecular weight is 333 g/mol. The van der Waals surface area contributed by atoms with E-state index in [1.807, 2.05) is 6.92 Å². The summed E-state index contributed by atoms with van der Waals surface area (Å²) in [7, 11) is 0. The van der Waals surface area contributed by atoms with Crippen LogP contribution in [0.5, 0.6) is 0 Å². The monoisotopic (exact) mass is 333 g/mol. The second-order valence-electron chi connectivity index (χ2n) is 7.01. The summed E-state index contributed by atoms with van der Waals surface area (Å²) in [4.78, 5) is 14.4. The van der Waals surface area contributed by atoms with E-state index in [1.54, 1.807) is 0 Å². The third kappa shape index (κ3) is 6.49. The number of carbonyl (C=O) groups is 1. The third-order valence-corrected chi connectivity index (χ3v) is 4.64. The summed E-state index contributed by atoms with van der Waals surface area (Å²) in [6.45, 7) is 7.95. The van der Waals surface area contributed by atoms with E-state index in [2.05, 4.69) is 46.7 Å². The number of rotatable bonds is 7. The minimum Gasteiger partial charge on any atom is -0.396 e. The van der Waals surface area contributed by atoms with Gasteiger partial charge in [0.15, 0.2) is 0 Å². The molecule has 2 amide bonds. The molecule has 134 valence electrons. The number of aryl methyl sites for hydroxylation is 1. The van der Waals surface area contributed by atoms with Crippen LogP contribution >= 0.6 is 0 Å².